The summed E-state index contributed by atoms with van der Waals surface area (Å²) in [5.74, 6) is 2.72. The summed E-state index contributed by atoms with van der Waals surface area (Å²) in [6, 6.07) is 0.605. The van der Waals surface area contributed by atoms with Gasteiger partial charge in [-0.15, -0.1) is 0 Å². The Morgan fingerprint density at radius 3 is 2.50 bits per heavy atom. The van der Waals surface area contributed by atoms with E-state index in [0.29, 0.717) is 6.04 Å². The maximum absolute atomic E-state index is 11.2. The molecule has 5 atom stereocenters. The van der Waals surface area contributed by atoms with E-state index in [4.69, 9.17) is 0 Å². The average Bonchev–Trinajstić information content (AvgIpc) is 2.70. The number of likely N-dealkylation sites (N-methyl/N-ethyl adjacent to an activating group) is 1. The van der Waals surface area contributed by atoms with Crippen LogP contribution < -0.4 is 5.32 Å². The van der Waals surface area contributed by atoms with Gasteiger partial charge in [-0.25, -0.2) is 0 Å². The first-order chi connectivity index (χ1) is 13.6. The van der Waals surface area contributed by atoms with E-state index in [1.54, 1.807) is 0 Å². The quantitative estimate of drug-likeness (QED) is 0.525. The summed E-state index contributed by atoms with van der Waals surface area (Å²) in [6.45, 7) is 2.44. The topological polar surface area (TPSA) is 52.6 Å². The lowest BCUT2D eigenvalue weighted by atomic mass is 9.62. The number of carboxylic acid groups (broad SMARTS) is 1. The number of piperidine rings is 1. The Morgan fingerprint density at radius 1 is 1.00 bits per heavy atom. The van der Waals surface area contributed by atoms with E-state index in [0.717, 1.165) is 30.1 Å². The Labute approximate surface area is 172 Å². The molecule has 162 valence electrons. The van der Waals surface area contributed by atoms with E-state index in [2.05, 4.69) is 12.2 Å². The summed E-state index contributed by atoms with van der Waals surface area (Å²) in [4.78, 5) is 13.3. The number of carboxylic acids is 1. The molecule has 4 nitrogen and oxygen atoms in total. The van der Waals surface area contributed by atoms with Crippen LogP contribution in [0, 0.1) is 23.7 Å². The monoisotopic (exact) mass is 392 g/mol. The smallest absolute Gasteiger partial charge is 0.317 e. The van der Waals surface area contributed by atoms with E-state index < -0.39 is 5.97 Å². The van der Waals surface area contributed by atoms with Crippen LogP contribution in [-0.4, -0.2) is 41.8 Å². The first-order valence-electron chi connectivity index (χ1n) is 12.3. The van der Waals surface area contributed by atoms with Gasteiger partial charge in [0.25, 0.3) is 0 Å². The molecule has 3 rings (SSSR count). The molecule has 0 aromatic rings. The lowest BCUT2D eigenvalue weighted by Crippen LogP contribution is -2.60. The Balaban J connectivity index is 1.64. The number of nitrogens with zero attached hydrogens (tertiary/aromatic N) is 1. The standard InChI is InChI=1S/C24H44N2O2/c1-3-4-5-7-10-18-13-14-22-21(15-18)20(19-11-8-6-9-12-19)16-23(25-22)26(2)17-24(27)28/h18-23,25H,3-17H2,1-2H3,(H,27,28). The van der Waals surface area contributed by atoms with E-state index in [9.17, 15) is 9.90 Å². The van der Waals surface area contributed by atoms with Crippen LogP contribution in [0.25, 0.3) is 0 Å². The molecular weight excluding hydrogens is 348 g/mol. The van der Waals surface area contributed by atoms with Crippen molar-refractivity contribution in [1.29, 1.82) is 0 Å². The third kappa shape index (κ3) is 5.95. The van der Waals surface area contributed by atoms with Crippen molar-refractivity contribution in [3.63, 3.8) is 0 Å². The van der Waals surface area contributed by atoms with Gasteiger partial charge in [0, 0.05) is 6.04 Å². The summed E-state index contributed by atoms with van der Waals surface area (Å²) in [5, 5.41) is 13.1. The van der Waals surface area contributed by atoms with Crippen LogP contribution in [0.15, 0.2) is 0 Å². The minimum absolute atomic E-state index is 0.145. The van der Waals surface area contributed by atoms with Crippen molar-refractivity contribution in [3.05, 3.63) is 0 Å². The number of fused-ring (bicyclic) bond motifs is 1. The first kappa shape index (κ1) is 22.1. The van der Waals surface area contributed by atoms with Crippen molar-refractivity contribution in [2.45, 2.75) is 109 Å². The molecule has 0 amide bonds. The van der Waals surface area contributed by atoms with Crippen LogP contribution in [0.1, 0.15) is 96.8 Å². The molecule has 0 radical (unpaired) electrons. The van der Waals surface area contributed by atoms with E-state index in [1.807, 2.05) is 11.9 Å². The maximum atomic E-state index is 11.2. The van der Waals surface area contributed by atoms with E-state index in [-0.39, 0.29) is 12.7 Å². The second-order valence-electron chi connectivity index (χ2n) is 10.1. The van der Waals surface area contributed by atoms with Crippen molar-refractivity contribution in [1.82, 2.24) is 10.2 Å². The first-order valence-corrected chi connectivity index (χ1v) is 12.3. The van der Waals surface area contributed by atoms with Crippen LogP contribution in [0.4, 0.5) is 0 Å². The highest BCUT2D eigenvalue weighted by Crippen LogP contribution is 2.47. The van der Waals surface area contributed by atoms with Crippen LogP contribution in [0.2, 0.25) is 0 Å². The van der Waals surface area contributed by atoms with E-state index in [1.165, 1.54) is 83.5 Å². The van der Waals surface area contributed by atoms with Crippen LogP contribution in [0.3, 0.4) is 0 Å². The lowest BCUT2D eigenvalue weighted by Gasteiger charge is -2.52. The normalized spacial score (nSPS) is 34.3. The van der Waals surface area contributed by atoms with Crippen molar-refractivity contribution in [2.24, 2.45) is 23.7 Å². The molecule has 0 bridgehead atoms. The van der Waals surface area contributed by atoms with Gasteiger partial charge < -0.3 is 5.11 Å². The molecule has 2 N–H and O–H groups in total. The minimum atomic E-state index is -0.712. The molecule has 0 aromatic carbocycles. The van der Waals surface area contributed by atoms with Crippen LogP contribution in [0.5, 0.6) is 0 Å². The van der Waals surface area contributed by atoms with Crippen LogP contribution in [-0.2, 0) is 4.79 Å². The number of carbonyl (C=O) groups is 1. The summed E-state index contributed by atoms with van der Waals surface area (Å²) >= 11 is 0. The number of unbranched alkanes of at least 4 members (excludes halogenated alkanes) is 3. The fraction of sp³-hybridized carbons (Fsp3) is 0.958. The predicted octanol–water partition coefficient (Wildman–Crippen LogP) is 5.27. The Kier molecular flexibility index (Phi) is 8.65. The molecule has 4 heteroatoms. The Bertz CT molecular complexity index is 477. The molecule has 1 aliphatic heterocycles. The summed E-state index contributed by atoms with van der Waals surface area (Å²) in [7, 11) is 1.99. The van der Waals surface area contributed by atoms with Crippen molar-refractivity contribution < 1.29 is 9.90 Å². The summed E-state index contributed by atoms with van der Waals surface area (Å²) < 4.78 is 0. The highest BCUT2D eigenvalue weighted by Gasteiger charge is 2.44. The van der Waals surface area contributed by atoms with Crippen molar-refractivity contribution in [3.8, 4) is 0 Å². The third-order valence-corrected chi connectivity index (χ3v) is 8.10. The molecular formula is C24H44N2O2. The molecule has 1 saturated heterocycles. The second kappa shape index (κ2) is 11.0. The van der Waals surface area contributed by atoms with Gasteiger partial charge in [-0.05, 0) is 56.4 Å². The second-order valence-corrected chi connectivity index (χ2v) is 10.1. The number of hydrogen-bond acceptors (Lipinski definition) is 3. The molecule has 3 fully saturated rings. The zero-order chi connectivity index (χ0) is 19.9. The Morgan fingerprint density at radius 2 is 1.79 bits per heavy atom. The number of rotatable bonds is 9. The van der Waals surface area contributed by atoms with Gasteiger partial charge in [0.05, 0.1) is 12.7 Å². The van der Waals surface area contributed by atoms with Gasteiger partial charge >= 0.3 is 5.97 Å². The molecule has 1 heterocycles. The van der Waals surface area contributed by atoms with E-state index >= 15 is 0 Å². The van der Waals surface area contributed by atoms with Gasteiger partial charge in [0.15, 0.2) is 0 Å². The van der Waals surface area contributed by atoms with Gasteiger partial charge in [-0.3, -0.25) is 15.0 Å². The number of hydrogen-bond donors (Lipinski definition) is 2. The molecule has 3 aliphatic rings. The lowest BCUT2D eigenvalue weighted by molar-refractivity contribution is -0.139. The maximum Gasteiger partial charge on any atom is 0.317 e. The van der Waals surface area contributed by atoms with Gasteiger partial charge in [-0.1, -0.05) is 71.1 Å². The summed E-state index contributed by atoms with van der Waals surface area (Å²) in [6.07, 6.45) is 19.5. The minimum Gasteiger partial charge on any atom is -0.480 e. The molecule has 28 heavy (non-hydrogen) atoms. The van der Waals surface area contributed by atoms with Crippen molar-refractivity contribution in [2.75, 3.05) is 13.6 Å². The van der Waals surface area contributed by atoms with Gasteiger partial charge in [0.2, 0.25) is 0 Å². The highest BCUT2D eigenvalue weighted by molar-refractivity contribution is 5.69. The van der Waals surface area contributed by atoms with Gasteiger partial charge in [0.1, 0.15) is 0 Å². The summed E-state index contributed by atoms with van der Waals surface area (Å²) in [5.41, 5.74) is 0. The zero-order valence-corrected chi connectivity index (χ0v) is 18.4. The highest BCUT2D eigenvalue weighted by atomic mass is 16.4. The molecule has 2 saturated carbocycles. The fourth-order valence-electron chi connectivity index (χ4n) is 6.58. The Hall–Kier alpha value is -0.610. The average molecular weight is 393 g/mol. The largest absolute Gasteiger partial charge is 0.480 e. The van der Waals surface area contributed by atoms with Gasteiger partial charge in [-0.2, -0.15) is 0 Å². The van der Waals surface area contributed by atoms with Crippen molar-refractivity contribution >= 4 is 5.97 Å². The molecule has 0 spiro atoms. The number of aliphatic carboxylic acids is 1. The third-order valence-electron chi connectivity index (χ3n) is 8.10. The zero-order valence-electron chi connectivity index (χ0n) is 18.4. The molecule has 0 aromatic heterocycles. The SMILES string of the molecule is CCCCCCC1CCC2NC(N(C)CC(=O)O)CC(C3CCCCC3)C2C1. The predicted molar refractivity (Wildman–Crippen MR) is 115 cm³/mol. The fourth-order valence-corrected chi connectivity index (χ4v) is 6.58. The molecule has 2 aliphatic carbocycles. The molecule has 5 unspecified atom stereocenters. The van der Waals surface area contributed by atoms with Crippen LogP contribution >= 0.6 is 0 Å². The number of nitrogens with one attached hydrogen (secondary N) is 1.